The van der Waals surface area contributed by atoms with Gasteiger partial charge in [0, 0.05) is 0 Å². The van der Waals surface area contributed by atoms with Gasteiger partial charge in [-0.15, -0.1) is 0 Å². The number of aliphatic hydroxyl groups excluding tert-OH is 1. The van der Waals surface area contributed by atoms with E-state index in [2.05, 4.69) is 0 Å². The first-order chi connectivity index (χ1) is 5.83. The maximum Gasteiger partial charge on any atom is 0.115 e. The third-order valence-electron chi connectivity index (χ3n) is 1.45. The van der Waals surface area contributed by atoms with E-state index in [1.165, 1.54) is 0 Å². The Morgan fingerprint density at radius 2 is 1.92 bits per heavy atom. The highest BCUT2D eigenvalue weighted by Gasteiger charge is 1.86. The Morgan fingerprint density at radius 3 is 2.50 bits per heavy atom. The van der Waals surface area contributed by atoms with Gasteiger partial charge in [-0.3, -0.25) is 0 Å². The van der Waals surface area contributed by atoms with Gasteiger partial charge in [0.15, 0.2) is 0 Å². The molecule has 0 atom stereocenters. The zero-order chi connectivity index (χ0) is 8.81. The van der Waals surface area contributed by atoms with Crippen molar-refractivity contribution in [3.8, 4) is 0 Å². The Hall–Kier alpha value is -1.50. The molecule has 1 N–H and O–H groups in total. The predicted molar refractivity (Wildman–Crippen MR) is 51.9 cm³/mol. The first-order valence-corrected chi connectivity index (χ1v) is 3.91. The largest absolute Gasteiger partial charge is 0.508 e. The summed E-state index contributed by atoms with van der Waals surface area (Å²) in [4.78, 5) is 0. The lowest BCUT2D eigenvalue weighted by atomic mass is 10.2. The third kappa shape index (κ3) is 2.62. The molecule has 0 unspecified atom stereocenters. The van der Waals surface area contributed by atoms with Crippen LogP contribution in [0.15, 0.2) is 48.2 Å². The second-order valence-corrected chi connectivity index (χ2v) is 2.48. The fraction of sp³-hybridized carbons (Fsp3) is 0.0909. The van der Waals surface area contributed by atoms with E-state index in [4.69, 9.17) is 0 Å². The van der Waals surface area contributed by atoms with Crippen molar-refractivity contribution in [2.75, 3.05) is 0 Å². The number of hydrogen-bond acceptors (Lipinski definition) is 1. The van der Waals surface area contributed by atoms with Gasteiger partial charge in [0.05, 0.1) is 0 Å². The molecule has 0 amide bonds. The van der Waals surface area contributed by atoms with Crippen molar-refractivity contribution in [2.45, 2.75) is 6.92 Å². The number of aliphatic hydroxyl groups is 1. The summed E-state index contributed by atoms with van der Waals surface area (Å²) in [5, 5.41) is 9.28. The van der Waals surface area contributed by atoms with Gasteiger partial charge in [-0.1, -0.05) is 36.4 Å². The molecule has 0 spiro atoms. The summed E-state index contributed by atoms with van der Waals surface area (Å²) >= 11 is 0. The van der Waals surface area contributed by atoms with E-state index in [1.54, 1.807) is 18.2 Å². The maximum atomic E-state index is 9.28. The standard InChI is InChI=1S/C11H12O/c1-2-6-11(12)9-10-7-4-3-5-8-10/h2-9,12H,1H3/b6-2-,11-9+. The number of hydrogen-bond donors (Lipinski definition) is 1. The van der Waals surface area contributed by atoms with Gasteiger partial charge in [0.2, 0.25) is 0 Å². The summed E-state index contributed by atoms with van der Waals surface area (Å²) in [6.07, 6.45) is 5.18. The highest BCUT2D eigenvalue weighted by molar-refractivity contribution is 5.53. The SMILES string of the molecule is C/C=C\C(O)=C/c1ccccc1. The topological polar surface area (TPSA) is 20.2 Å². The average molecular weight is 160 g/mol. The Balaban J connectivity index is 2.81. The van der Waals surface area contributed by atoms with Crippen LogP contribution in [0.3, 0.4) is 0 Å². The summed E-state index contributed by atoms with van der Waals surface area (Å²) in [5.74, 6) is 0.281. The van der Waals surface area contributed by atoms with Crippen LogP contribution in [-0.2, 0) is 0 Å². The fourth-order valence-electron chi connectivity index (χ4n) is 0.939. The third-order valence-corrected chi connectivity index (χ3v) is 1.45. The molecule has 1 nitrogen and oxygen atoms in total. The number of allylic oxidation sites excluding steroid dienone is 2. The van der Waals surface area contributed by atoms with E-state index in [-0.39, 0.29) is 5.76 Å². The minimum Gasteiger partial charge on any atom is -0.508 e. The maximum absolute atomic E-state index is 9.28. The van der Waals surface area contributed by atoms with Crippen LogP contribution in [0, 0.1) is 0 Å². The Kier molecular flexibility index (Phi) is 3.15. The zero-order valence-corrected chi connectivity index (χ0v) is 7.07. The molecule has 0 saturated carbocycles. The molecule has 0 aliphatic heterocycles. The van der Waals surface area contributed by atoms with E-state index < -0.39 is 0 Å². The summed E-state index contributed by atoms with van der Waals surface area (Å²) in [7, 11) is 0. The molecule has 0 aromatic heterocycles. The van der Waals surface area contributed by atoms with Crippen LogP contribution in [0.25, 0.3) is 6.08 Å². The lowest BCUT2D eigenvalue weighted by Crippen LogP contribution is -1.74. The Labute approximate surface area is 72.7 Å². The van der Waals surface area contributed by atoms with Crippen molar-refractivity contribution >= 4 is 6.08 Å². The normalized spacial score (nSPS) is 12.2. The van der Waals surface area contributed by atoms with Gasteiger partial charge >= 0.3 is 0 Å². The van der Waals surface area contributed by atoms with Crippen molar-refractivity contribution in [1.82, 2.24) is 0 Å². The molecule has 1 rings (SSSR count). The summed E-state index contributed by atoms with van der Waals surface area (Å²) in [5.41, 5.74) is 1.01. The monoisotopic (exact) mass is 160 g/mol. The summed E-state index contributed by atoms with van der Waals surface area (Å²) in [6, 6.07) is 9.72. The van der Waals surface area contributed by atoms with Crippen molar-refractivity contribution in [2.24, 2.45) is 0 Å². The average Bonchev–Trinajstić information content (AvgIpc) is 2.06. The molecule has 62 valence electrons. The van der Waals surface area contributed by atoms with Gasteiger partial charge in [-0.25, -0.2) is 0 Å². The highest BCUT2D eigenvalue weighted by atomic mass is 16.3. The predicted octanol–water partition coefficient (Wildman–Crippen LogP) is 3.16. The lowest BCUT2D eigenvalue weighted by molar-refractivity contribution is 0.437. The van der Waals surface area contributed by atoms with Crippen LogP contribution in [0.2, 0.25) is 0 Å². The molecular weight excluding hydrogens is 148 g/mol. The van der Waals surface area contributed by atoms with Crippen molar-refractivity contribution in [3.05, 3.63) is 53.8 Å². The van der Waals surface area contributed by atoms with E-state index in [1.807, 2.05) is 37.3 Å². The van der Waals surface area contributed by atoms with Crippen LogP contribution in [0.4, 0.5) is 0 Å². The molecule has 0 saturated heterocycles. The molecule has 1 aromatic rings. The van der Waals surface area contributed by atoms with Crippen LogP contribution in [-0.4, -0.2) is 5.11 Å². The van der Waals surface area contributed by atoms with Gasteiger partial charge in [0.1, 0.15) is 5.76 Å². The molecular formula is C11H12O. The molecule has 0 fully saturated rings. The number of rotatable bonds is 2. The molecule has 0 heterocycles. The molecule has 1 heteroatoms. The molecule has 0 aliphatic rings. The fourth-order valence-corrected chi connectivity index (χ4v) is 0.939. The molecule has 1 aromatic carbocycles. The van der Waals surface area contributed by atoms with Gasteiger partial charge < -0.3 is 5.11 Å². The van der Waals surface area contributed by atoms with Gasteiger partial charge in [-0.05, 0) is 24.6 Å². The summed E-state index contributed by atoms with van der Waals surface area (Å²) < 4.78 is 0. The highest BCUT2D eigenvalue weighted by Crippen LogP contribution is 2.04. The molecule has 0 aliphatic carbocycles. The van der Waals surface area contributed by atoms with Gasteiger partial charge in [-0.2, -0.15) is 0 Å². The second kappa shape index (κ2) is 4.39. The minimum absolute atomic E-state index is 0.281. The van der Waals surface area contributed by atoms with Crippen LogP contribution >= 0.6 is 0 Å². The zero-order valence-electron chi connectivity index (χ0n) is 7.07. The second-order valence-electron chi connectivity index (χ2n) is 2.48. The van der Waals surface area contributed by atoms with Crippen LogP contribution < -0.4 is 0 Å². The van der Waals surface area contributed by atoms with E-state index >= 15 is 0 Å². The van der Waals surface area contributed by atoms with Crippen molar-refractivity contribution in [3.63, 3.8) is 0 Å². The first kappa shape index (κ1) is 8.60. The van der Waals surface area contributed by atoms with Crippen molar-refractivity contribution in [1.29, 1.82) is 0 Å². The smallest absolute Gasteiger partial charge is 0.115 e. The van der Waals surface area contributed by atoms with E-state index in [0.717, 1.165) is 5.56 Å². The minimum atomic E-state index is 0.281. The van der Waals surface area contributed by atoms with Crippen LogP contribution in [0.5, 0.6) is 0 Å². The first-order valence-electron chi connectivity index (χ1n) is 3.91. The van der Waals surface area contributed by atoms with Gasteiger partial charge in [0.25, 0.3) is 0 Å². The quantitative estimate of drug-likeness (QED) is 0.520. The lowest BCUT2D eigenvalue weighted by Gasteiger charge is -1.92. The van der Waals surface area contributed by atoms with E-state index in [9.17, 15) is 5.11 Å². The number of benzene rings is 1. The molecule has 0 radical (unpaired) electrons. The Morgan fingerprint density at radius 1 is 1.25 bits per heavy atom. The van der Waals surface area contributed by atoms with Crippen molar-refractivity contribution < 1.29 is 5.11 Å². The molecule has 0 bridgehead atoms. The molecule has 12 heavy (non-hydrogen) atoms. The summed E-state index contributed by atoms with van der Waals surface area (Å²) in [6.45, 7) is 1.87. The van der Waals surface area contributed by atoms with E-state index in [0.29, 0.717) is 0 Å². The Bertz CT molecular complexity index is 283. The van der Waals surface area contributed by atoms with Crippen LogP contribution in [0.1, 0.15) is 12.5 Å².